The molecule has 4 fully saturated rings. The maximum atomic E-state index is 12.9. The van der Waals surface area contributed by atoms with Gasteiger partial charge >= 0.3 is 0 Å². The molecule has 6 rings (SSSR count). The first-order valence-corrected chi connectivity index (χ1v) is 9.80. The SMILES string of the molecule is C/C=C/CC(=O)N1C[C@@H](c2ccc3c(c2)OCO3)[C@@H]2[C@H]1C1CCN2CC1. The molecule has 0 spiro atoms. The molecule has 4 saturated heterocycles. The number of nitrogens with zero attached hydrogens (tertiary/aromatic N) is 2. The first-order valence-electron chi connectivity index (χ1n) is 9.80. The Morgan fingerprint density at radius 3 is 2.81 bits per heavy atom. The number of carbonyl (C=O) groups excluding carboxylic acids is 1. The lowest BCUT2D eigenvalue weighted by Crippen LogP contribution is -2.60. The molecular weight excluding hydrogens is 328 g/mol. The minimum atomic E-state index is 0.273. The van der Waals surface area contributed by atoms with E-state index in [4.69, 9.17) is 9.47 Å². The van der Waals surface area contributed by atoms with E-state index in [0.29, 0.717) is 37.1 Å². The first-order chi connectivity index (χ1) is 12.8. The number of hydrogen-bond donors (Lipinski definition) is 0. The van der Waals surface area contributed by atoms with Crippen LogP contribution < -0.4 is 9.47 Å². The Morgan fingerprint density at radius 1 is 1.19 bits per heavy atom. The van der Waals surface area contributed by atoms with Crippen LogP contribution in [0.1, 0.15) is 37.7 Å². The molecule has 1 amide bonds. The molecule has 1 aromatic rings. The molecule has 0 aliphatic carbocycles. The van der Waals surface area contributed by atoms with E-state index in [0.717, 1.165) is 18.0 Å². The number of allylic oxidation sites excluding steroid dienone is 1. The van der Waals surface area contributed by atoms with Crippen LogP contribution >= 0.6 is 0 Å². The maximum absolute atomic E-state index is 12.9. The molecule has 5 heterocycles. The van der Waals surface area contributed by atoms with Crippen LogP contribution in [0.3, 0.4) is 0 Å². The summed E-state index contributed by atoms with van der Waals surface area (Å²) in [6.45, 7) is 5.44. The lowest BCUT2D eigenvalue weighted by Gasteiger charge is -2.51. The van der Waals surface area contributed by atoms with E-state index in [1.165, 1.54) is 31.5 Å². The van der Waals surface area contributed by atoms with Crippen molar-refractivity contribution in [3.8, 4) is 11.5 Å². The monoisotopic (exact) mass is 354 g/mol. The Labute approximate surface area is 154 Å². The van der Waals surface area contributed by atoms with E-state index in [1.807, 2.05) is 25.1 Å². The zero-order valence-corrected chi connectivity index (χ0v) is 15.3. The third kappa shape index (κ3) is 2.44. The number of rotatable bonds is 3. The van der Waals surface area contributed by atoms with Crippen molar-refractivity contribution in [3.05, 3.63) is 35.9 Å². The molecule has 5 heteroatoms. The highest BCUT2D eigenvalue weighted by atomic mass is 16.7. The Morgan fingerprint density at radius 2 is 2.00 bits per heavy atom. The minimum Gasteiger partial charge on any atom is -0.454 e. The molecule has 26 heavy (non-hydrogen) atoms. The molecule has 0 aromatic heterocycles. The highest BCUT2D eigenvalue weighted by Crippen LogP contribution is 2.48. The van der Waals surface area contributed by atoms with Crippen LogP contribution in [-0.2, 0) is 4.79 Å². The summed E-state index contributed by atoms with van der Waals surface area (Å²) in [6.07, 6.45) is 6.91. The van der Waals surface area contributed by atoms with Gasteiger partial charge in [0.2, 0.25) is 12.7 Å². The molecule has 0 saturated carbocycles. The van der Waals surface area contributed by atoms with E-state index >= 15 is 0 Å². The second-order valence-electron chi connectivity index (χ2n) is 7.89. The van der Waals surface area contributed by atoms with Crippen molar-refractivity contribution < 1.29 is 14.3 Å². The Kier molecular flexibility index (Phi) is 3.92. The van der Waals surface area contributed by atoms with Crippen molar-refractivity contribution in [2.45, 2.75) is 44.2 Å². The summed E-state index contributed by atoms with van der Waals surface area (Å²) in [5.74, 6) is 2.95. The number of piperidine rings is 3. The average molecular weight is 354 g/mol. The molecule has 0 N–H and O–H groups in total. The molecule has 0 unspecified atom stereocenters. The predicted molar refractivity (Wildman–Crippen MR) is 98.3 cm³/mol. The number of ether oxygens (including phenoxy) is 2. The quantitative estimate of drug-likeness (QED) is 0.783. The number of carbonyl (C=O) groups is 1. The summed E-state index contributed by atoms with van der Waals surface area (Å²) >= 11 is 0. The third-order valence-electron chi connectivity index (χ3n) is 6.67. The van der Waals surface area contributed by atoms with Gasteiger partial charge in [-0.2, -0.15) is 0 Å². The fourth-order valence-corrected chi connectivity index (χ4v) is 5.48. The zero-order chi connectivity index (χ0) is 17.7. The van der Waals surface area contributed by atoms with E-state index < -0.39 is 0 Å². The normalized spacial score (nSPS) is 34.5. The fourth-order valence-electron chi connectivity index (χ4n) is 5.48. The van der Waals surface area contributed by atoms with Crippen LogP contribution in [0.15, 0.2) is 30.4 Å². The van der Waals surface area contributed by atoms with Crippen molar-refractivity contribution in [2.24, 2.45) is 5.92 Å². The highest BCUT2D eigenvalue weighted by molar-refractivity contribution is 5.79. The average Bonchev–Trinajstić information content (AvgIpc) is 3.32. The zero-order valence-electron chi connectivity index (χ0n) is 15.3. The number of fused-ring (bicyclic) bond motifs is 3. The summed E-state index contributed by atoms with van der Waals surface area (Å²) in [5, 5.41) is 0. The largest absolute Gasteiger partial charge is 0.454 e. The standard InChI is InChI=1S/C21H26N2O3/c1-2-3-4-19(24)23-12-16(15-5-6-17-18(11-15)26-13-25-17)21-20(23)14-7-9-22(21)10-8-14/h2-3,5-6,11,14,16,20-21H,4,7-10,12-13H2,1H3/b3-2+/t16-,20+,21+/m0/s1. The van der Waals surface area contributed by atoms with Crippen molar-refractivity contribution in [2.75, 3.05) is 26.4 Å². The summed E-state index contributed by atoms with van der Waals surface area (Å²) < 4.78 is 11.1. The van der Waals surface area contributed by atoms with Gasteiger partial charge in [0.15, 0.2) is 11.5 Å². The minimum absolute atomic E-state index is 0.273. The summed E-state index contributed by atoms with van der Waals surface area (Å²) in [4.78, 5) is 17.7. The van der Waals surface area contributed by atoms with Crippen LogP contribution in [0.2, 0.25) is 0 Å². The van der Waals surface area contributed by atoms with E-state index in [9.17, 15) is 4.79 Å². The van der Waals surface area contributed by atoms with E-state index in [2.05, 4.69) is 21.9 Å². The molecule has 1 aromatic carbocycles. The van der Waals surface area contributed by atoms with Gasteiger partial charge in [0.25, 0.3) is 0 Å². The maximum Gasteiger partial charge on any atom is 0.231 e. The van der Waals surface area contributed by atoms with Crippen LogP contribution in [0.4, 0.5) is 0 Å². The Balaban J connectivity index is 1.48. The van der Waals surface area contributed by atoms with Gasteiger partial charge < -0.3 is 14.4 Å². The third-order valence-corrected chi connectivity index (χ3v) is 6.67. The van der Waals surface area contributed by atoms with Crippen molar-refractivity contribution >= 4 is 5.91 Å². The second kappa shape index (κ2) is 6.31. The Hall–Kier alpha value is -2.01. The van der Waals surface area contributed by atoms with Gasteiger partial charge in [-0.3, -0.25) is 9.69 Å². The van der Waals surface area contributed by atoms with Crippen molar-refractivity contribution in [1.82, 2.24) is 9.80 Å². The fraction of sp³-hybridized carbons (Fsp3) is 0.571. The van der Waals surface area contributed by atoms with Gasteiger partial charge in [0.05, 0.1) is 6.04 Å². The molecule has 5 aliphatic rings. The lowest BCUT2D eigenvalue weighted by molar-refractivity contribution is -0.135. The molecule has 138 valence electrons. The van der Waals surface area contributed by atoms with Gasteiger partial charge in [-0.1, -0.05) is 18.2 Å². The first kappa shape index (κ1) is 16.2. The smallest absolute Gasteiger partial charge is 0.231 e. The molecule has 2 bridgehead atoms. The summed E-state index contributed by atoms with van der Waals surface area (Å²) in [5.41, 5.74) is 1.28. The molecule has 5 nitrogen and oxygen atoms in total. The number of hydrogen-bond acceptors (Lipinski definition) is 4. The van der Waals surface area contributed by atoms with Crippen LogP contribution in [0.25, 0.3) is 0 Å². The van der Waals surface area contributed by atoms with Crippen LogP contribution in [-0.4, -0.2) is 54.2 Å². The molecule has 0 radical (unpaired) electrons. The van der Waals surface area contributed by atoms with Gasteiger partial charge in [-0.15, -0.1) is 0 Å². The lowest BCUT2D eigenvalue weighted by atomic mass is 9.75. The van der Waals surface area contributed by atoms with Crippen molar-refractivity contribution in [3.63, 3.8) is 0 Å². The van der Waals surface area contributed by atoms with Gasteiger partial charge in [0, 0.05) is 24.9 Å². The number of likely N-dealkylation sites (tertiary alicyclic amines) is 1. The Bertz CT molecular complexity index is 739. The van der Waals surface area contributed by atoms with Gasteiger partial charge in [0.1, 0.15) is 0 Å². The molecule has 3 atom stereocenters. The van der Waals surface area contributed by atoms with Crippen molar-refractivity contribution in [1.29, 1.82) is 0 Å². The summed E-state index contributed by atoms with van der Waals surface area (Å²) in [7, 11) is 0. The van der Waals surface area contributed by atoms with E-state index in [1.54, 1.807) is 0 Å². The predicted octanol–water partition coefficient (Wildman–Crippen LogP) is 2.77. The van der Waals surface area contributed by atoms with Gasteiger partial charge in [-0.05, 0) is 56.5 Å². The van der Waals surface area contributed by atoms with E-state index in [-0.39, 0.29) is 5.91 Å². The molecular formula is C21H26N2O3. The van der Waals surface area contributed by atoms with Crippen LogP contribution in [0, 0.1) is 5.92 Å². The topological polar surface area (TPSA) is 42.0 Å². The van der Waals surface area contributed by atoms with Crippen LogP contribution in [0.5, 0.6) is 11.5 Å². The highest BCUT2D eigenvalue weighted by Gasteiger charge is 2.54. The van der Waals surface area contributed by atoms with Gasteiger partial charge in [-0.25, -0.2) is 0 Å². The molecule has 5 aliphatic heterocycles. The second-order valence-corrected chi connectivity index (χ2v) is 7.89. The number of amides is 1. The summed E-state index contributed by atoms with van der Waals surface area (Å²) in [6, 6.07) is 7.13. The number of benzene rings is 1.